The molecular weight excluding hydrogens is 256 g/mol. The normalized spacial score (nSPS) is 13.7. The number of hydrogen-bond donors (Lipinski definition) is 2. The Kier molecular flexibility index (Phi) is 3.07. The van der Waals surface area contributed by atoms with Gasteiger partial charge >= 0.3 is 5.97 Å². The van der Waals surface area contributed by atoms with Crippen LogP contribution in [0.4, 0.5) is 0 Å². The number of carboxylic acid groups (broad SMARTS) is 1. The number of aliphatic carboxylic acids is 1. The second kappa shape index (κ2) is 4.74. The predicted octanol–water partition coefficient (Wildman–Crippen LogP) is 3.36. The standard InChI is InChI=1S/C16H14O2S/c17-16(18)15(9-19)13-7-3-6-12-11-5-2-1-4-10(11)8-14(12)13/h1-7,15,19H,8-9H2,(H,17,18). The molecule has 3 rings (SSSR count). The molecule has 96 valence electrons. The molecule has 0 fully saturated rings. The molecule has 0 aromatic heterocycles. The molecule has 0 heterocycles. The average molecular weight is 270 g/mol. The highest BCUT2D eigenvalue weighted by Gasteiger charge is 2.26. The number of carbonyl (C=O) groups is 1. The summed E-state index contributed by atoms with van der Waals surface area (Å²) in [5, 5.41) is 9.33. The van der Waals surface area contributed by atoms with Gasteiger partial charge in [0.1, 0.15) is 0 Å². The summed E-state index contributed by atoms with van der Waals surface area (Å²) in [5.74, 6) is -1.02. The van der Waals surface area contributed by atoms with Crippen molar-refractivity contribution >= 4 is 18.6 Å². The van der Waals surface area contributed by atoms with Gasteiger partial charge in [-0.1, -0.05) is 42.5 Å². The van der Waals surface area contributed by atoms with Crippen molar-refractivity contribution in [1.82, 2.24) is 0 Å². The van der Waals surface area contributed by atoms with Gasteiger partial charge in [0.2, 0.25) is 0 Å². The molecule has 1 unspecified atom stereocenters. The highest BCUT2D eigenvalue weighted by Crippen LogP contribution is 2.40. The Bertz CT molecular complexity index is 649. The summed E-state index contributed by atoms with van der Waals surface area (Å²) >= 11 is 4.19. The topological polar surface area (TPSA) is 37.3 Å². The van der Waals surface area contributed by atoms with Crippen molar-refractivity contribution in [3.63, 3.8) is 0 Å². The average Bonchev–Trinajstić information content (AvgIpc) is 2.79. The maximum Gasteiger partial charge on any atom is 0.311 e. The molecule has 0 spiro atoms. The maximum absolute atomic E-state index is 11.4. The Labute approximate surface area is 117 Å². The molecule has 1 N–H and O–H groups in total. The first-order chi connectivity index (χ1) is 9.22. The van der Waals surface area contributed by atoms with E-state index in [0.29, 0.717) is 5.75 Å². The minimum atomic E-state index is -0.806. The molecule has 0 saturated carbocycles. The van der Waals surface area contributed by atoms with Crippen molar-refractivity contribution < 1.29 is 9.90 Å². The highest BCUT2D eigenvalue weighted by atomic mass is 32.1. The molecule has 0 aliphatic heterocycles. The van der Waals surface area contributed by atoms with Gasteiger partial charge in [0, 0.05) is 5.75 Å². The number of benzene rings is 2. The molecule has 0 saturated heterocycles. The molecule has 2 aromatic carbocycles. The summed E-state index contributed by atoms with van der Waals surface area (Å²) in [7, 11) is 0. The molecule has 2 nitrogen and oxygen atoms in total. The third kappa shape index (κ3) is 1.94. The lowest BCUT2D eigenvalue weighted by Gasteiger charge is -2.14. The molecule has 3 heteroatoms. The van der Waals surface area contributed by atoms with E-state index in [1.54, 1.807) is 0 Å². The van der Waals surface area contributed by atoms with Crippen LogP contribution in [0.15, 0.2) is 42.5 Å². The van der Waals surface area contributed by atoms with Crippen molar-refractivity contribution in [1.29, 1.82) is 0 Å². The van der Waals surface area contributed by atoms with Crippen LogP contribution in [0.25, 0.3) is 11.1 Å². The number of hydrogen-bond acceptors (Lipinski definition) is 2. The Balaban J connectivity index is 2.15. The first kappa shape index (κ1) is 12.3. The third-order valence-electron chi connectivity index (χ3n) is 3.74. The minimum absolute atomic E-state index is 0.322. The van der Waals surface area contributed by atoms with Gasteiger partial charge in [0.25, 0.3) is 0 Å². The SMILES string of the molecule is O=C(O)C(CS)c1cccc2c1Cc1ccccc1-2. The molecule has 1 aliphatic rings. The van der Waals surface area contributed by atoms with E-state index in [4.69, 9.17) is 0 Å². The molecule has 1 atom stereocenters. The molecule has 0 amide bonds. The lowest BCUT2D eigenvalue weighted by molar-refractivity contribution is -0.138. The van der Waals surface area contributed by atoms with Crippen LogP contribution in [0, 0.1) is 0 Å². The number of carboxylic acids is 1. The third-order valence-corrected chi connectivity index (χ3v) is 4.11. The highest BCUT2D eigenvalue weighted by molar-refractivity contribution is 7.80. The van der Waals surface area contributed by atoms with Crippen LogP contribution in [0.1, 0.15) is 22.6 Å². The van der Waals surface area contributed by atoms with E-state index >= 15 is 0 Å². The Hall–Kier alpha value is -1.74. The quantitative estimate of drug-likeness (QED) is 0.716. The van der Waals surface area contributed by atoms with Crippen molar-refractivity contribution in [3.05, 3.63) is 59.2 Å². The van der Waals surface area contributed by atoms with Gasteiger partial charge in [-0.15, -0.1) is 0 Å². The van der Waals surface area contributed by atoms with E-state index < -0.39 is 11.9 Å². The van der Waals surface area contributed by atoms with Gasteiger partial charge in [-0.2, -0.15) is 12.6 Å². The van der Waals surface area contributed by atoms with Crippen molar-refractivity contribution in [2.75, 3.05) is 5.75 Å². The van der Waals surface area contributed by atoms with Gasteiger partial charge in [0.15, 0.2) is 0 Å². The number of thiol groups is 1. The zero-order chi connectivity index (χ0) is 13.4. The van der Waals surface area contributed by atoms with Crippen molar-refractivity contribution in [2.24, 2.45) is 0 Å². The summed E-state index contributed by atoms with van der Waals surface area (Å²) in [6.45, 7) is 0. The Morgan fingerprint density at radius 2 is 1.89 bits per heavy atom. The smallest absolute Gasteiger partial charge is 0.311 e. The second-order valence-corrected chi connectivity index (χ2v) is 5.15. The first-order valence-electron chi connectivity index (χ1n) is 6.26. The summed E-state index contributed by atoms with van der Waals surface area (Å²) in [5.41, 5.74) is 5.71. The van der Waals surface area contributed by atoms with Crippen LogP contribution in [0.3, 0.4) is 0 Å². The minimum Gasteiger partial charge on any atom is -0.481 e. The van der Waals surface area contributed by atoms with Gasteiger partial charge in [-0.25, -0.2) is 0 Å². The Morgan fingerprint density at radius 3 is 2.63 bits per heavy atom. The lowest BCUT2D eigenvalue weighted by atomic mass is 9.92. The van der Waals surface area contributed by atoms with Crippen molar-refractivity contribution in [3.8, 4) is 11.1 Å². The van der Waals surface area contributed by atoms with Crippen LogP contribution >= 0.6 is 12.6 Å². The number of rotatable bonds is 3. The van der Waals surface area contributed by atoms with Crippen LogP contribution in [0.2, 0.25) is 0 Å². The van der Waals surface area contributed by atoms with Gasteiger partial charge in [-0.05, 0) is 34.2 Å². The maximum atomic E-state index is 11.4. The molecule has 0 radical (unpaired) electrons. The molecule has 2 aromatic rings. The first-order valence-corrected chi connectivity index (χ1v) is 6.89. The van der Waals surface area contributed by atoms with Gasteiger partial charge < -0.3 is 5.11 Å². The van der Waals surface area contributed by atoms with Crippen LogP contribution in [-0.2, 0) is 11.2 Å². The van der Waals surface area contributed by atoms with E-state index in [0.717, 1.165) is 17.5 Å². The molecule has 19 heavy (non-hydrogen) atoms. The summed E-state index contributed by atoms with van der Waals surface area (Å²) in [6.07, 6.45) is 0.819. The van der Waals surface area contributed by atoms with Gasteiger partial charge in [0.05, 0.1) is 5.92 Å². The summed E-state index contributed by atoms with van der Waals surface area (Å²) in [6, 6.07) is 14.2. The number of fused-ring (bicyclic) bond motifs is 3. The van der Waals surface area contributed by atoms with E-state index in [-0.39, 0.29) is 0 Å². The largest absolute Gasteiger partial charge is 0.481 e. The fourth-order valence-electron chi connectivity index (χ4n) is 2.82. The van der Waals surface area contributed by atoms with Crippen LogP contribution in [-0.4, -0.2) is 16.8 Å². The van der Waals surface area contributed by atoms with Crippen LogP contribution < -0.4 is 0 Å². The van der Waals surface area contributed by atoms with Crippen LogP contribution in [0.5, 0.6) is 0 Å². The summed E-state index contributed by atoms with van der Waals surface area (Å²) in [4.78, 5) is 11.4. The predicted molar refractivity (Wildman–Crippen MR) is 78.9 cm³/mol. The molecular formula is C16H14O2S. The lowest BCUT2D eigenvalue weighted by Crippen LogP contribution is -2.15. The van der Waals surface area contributed by atoms with E-state index in [2.05, 4.69) is 30.8 Å². The fourth-order valence-corrected chi connectivity index (χ4v) is 3.17. The zero-order valence-electron chi connectivity index (χ0n) is 10.3. The molecule has 0 bridgehead atoms. The van der Waals surface area contributed by atoms with E-state index in [1.165, 1.54) is 16.7 Å². The Morgan fingerprint density at radius 1 is 1.16 bits per heavy atom. The van der Waals surface area contributed by atoms with Gasteiger partial charge in [-0.3, -0.25) is 4.79 Å². The fraction of sp³-hybridized carbons (Fsp3) is 0.188. The van der Waals surface area contributed by atoms with E-state index in [1.807, 2.05) is 24.3 Å². The second-order valence-electron chi connectivity index (χ2n) is 4.78. The zero-order valence-corrected chi connectivity index (χ0v) is 11.2. The van der Waals surface area contributed by atoms with Crippen molar-refractivity contribution in [2.45, 2.75) is 12.3 Å². The monoisotopic (exact) mass is 270 g/mol. The summed E-state index contributed by atoms with van der Waals surface area (Å²) < 4.78 is 0. The molecule has 1 aliphatic carbocycles. The van der Waals surface area contributed by atoms with E-state index in [9.17, 15) is 9.90 Å².